The lowest BCUT2D eigenvalue weighted by atomic mass is 10.0. The molecule has 6 heteroatoms. The summed E-state index contributed by atoms with van der Waals surface area (Å²) in [5, 5.41) is 2.41. The van der Waals surface area contributed by atoms with E-state index in [-0.39, 0.29) is 13.0 Å². The molecule has 0 aliphatic heterocycles. The van der Waals surface area contributed by atoms with Crippen LogP contribution in [0, 0.1) is 5.92 Å². The number of carbonyl (C=O) groups excluding carboxylic acids is 2. The minimum Gasteiger partial charge on any atom is -0.466 e. The second-order valence-corrected chi connectivity index (χ2v) is 4.92. The highest BCUT2D eigenvalue weighted by Gasteiger charge is 2.49. The number of hydrogen-bond donors (Lipinski definition) is 1. The number of halogens is 2. The first-order valence-electron chi connectivity index (χ1n) is 6.85. The van der Waals surface area contributed by atoms with Gasteiger partial charge in [0.1, 0.15) is 6.17 Å². The van der Waals surface area contributed by atoms with E-state index in [0.717, 1.165) is 0 Å². The van der Waals surface area contributed by atoms with Crippen molar-refractivity contribution in [1.82, 2.24) is 5.32 Å². The van der Waals surface area contributed by atoms with Crippen molar-refractivity contribution in [3.63, 3.8) is 0 Å². The highest BCUT2D eigenvalue weighted by Crippen LogP contribution is 2.32. The minimum absolute atomic E-state index is 0.128. The zero-order valence-electron chi connectivity index (χ0n) is 11.6. The Hall–Kier alpha value is -1.98. The summed E-state index contributed by atoms with van der Waals surface area (Å²) < 4.78 is 32.3. The highest BCUT2D eigenvalue weighted by molar-refractivity contribution is 5.94. The number of benzene rings is 1. The predicted molar refractivity (Wildman–Crippen MR) is 72.2 cm³/mol. The number of rotatable bonds is 4. The van der Waals surface area contributed by atoms with Gasteiger partial charge in [-0.3, -0.25) is 9.59 Å². The second kappa shape index (κ2) is 6.65. The van der Waals surface area contributed by atoms with Crippen molar-refractivity contribution in [1.29, 1.82) is 0 Å². The van der Waals surface area contributed by atoms with E-state index in [1.807, 2.05) is 0 Å². The van der Waals surface area contributed by atoms with Crippen molar-refractivity contribution in [2.24, 2.45) is 5.92 Å². The van der Waals surface area contributed by atoms with E-state index in [4.69, 9.17) is 4.74 Å². The van der Waals surface area contributed by atoms with Crippen LogP contribution in [0.2, 0.25) is 0 Å². The molecule has 0 saturated heterocycles. The highest BCUT2D eigenvalue weighted by atomic mass is 19.2. The van der Waals surface area contributed by atoms with Crippen LogP contribution in [0.25, 0.3) is 0 Å². The maximum atomic E-state index is 13.9. The zero-order valence-corrected chi connectivity index (χ0v) is 11.6. The van der Waals surface area contributed by atoms with Crippen molar-refractivity contribution in [2.75, 3.05) is 6.61 Å². The van der Waals surface area contributed by atoms with Crippen LogP contribution in [0.1, 0.15) is 23.7 Å². The molecule has 1 N–H and O–H groups in total. The number of nitrogens with one attached hydrogen (secondary N) is 1. The summed E-state index contributed by atoms with van der Waals surface area (Å²) in [6, 6.07) is 6.98. The summed E-state index contributed by atoms with van der Waals surface area (Å²) in [4.78, 5) is 23.8. The molecule has 114 valence electrons. The quantitative estimate of drug-likeness (QED) is 0.865. The third-order valence-corrected chi connectivity index (χ3v) is 3.52. The lowest BCUT2D eigenvalue weighted by Gasteiger charge is -2.21. The molecular weight excluding hydrogens is 280 g/mol. The Morgan fingerprint density at radius 2 is 1.95 bits per heavy atom. The molecule has 0 spiro atoms. The Labute approximate surface area is 121 Å². The molecule has 0 heterocycles. The van der Waals surface area contributed by atoms with Crippen LogP contribution >= 0.6 is 0 Å². The summed E-state index contributed by atoms with van der Waals surface area (Å²) in [6.07, 6.45) is -3.97. The molecule has 2 rings (SSSR count). The third kappa shape index (κ3) is 3.37. The van der Waals surface area contributed by atoms with Crippen LogP contribution < -0.4 is 5.32 Å². The summed E-state index contributed by atoms with van der Waals surface area (Å²) in [5.41, 5.74) is 0.328. The molecule has 1 amide bonds. The normalized spacial score (nSPS) is 28.1. The van der Waals surface area contributed by atoms with Crippen LogP contribution in [-0.4, -0.2) is 36.9 Å². The van der Waals surface area contributed by atoms with Crippen LogP contribution in [0.15, 0.2) is 30.3 Å². The Bertz CT molecular complexity index is 509. The van der Waals surface area contributed by atoms with Gasteiger partial charge in [0.25, 0.3) is 5.91 Å². The molecule has 1 saturated carbocycles. The molecule has 4 atom stereocenters. The summed E-state index contributed by atoms with van der Waals surface area (Å²) in [5.74, 6) is -2.21. The molecule has 1 aromatic rings. The predicted octanol–water partition coefficient (Wildman–Crippen LogP) is 2.04. The van der Waals surface area contributed by atoms with Gasteiger partial charge in [-0.2, -0.15) is 0 Å². The molecule has 0 aromatic heterocycles. The van der Waals surface area contributed by atoms with Crippen molar-refractivity contribution in [3.8, 4) is 0 Å². The van der Waals surface area contributed by atoms with Crippen molar-refractivity contribution in [3.05, 3.63) is 35.9 Å². The van der Waals surface area contributed by atoms with E-state index in [1.165, 1.54) is 0 Å². The fourth-order valence-electron chi connectivity index (χ4n) is 2.46. The third-order valence-electron chi connectivity index (χ3n) is 3.52. The fourth-order valence-corrected chi connectivity index (χ4v) is 2.46. The number of hydrogen-bond acceptors (Lipinski definition) is 3. The van der Waals surface area contributed by atoms with Gasteiger partial charge in [0.2, 0.25) is 0 Å². The summed E-state index contributed by atoms with van der Waals surface area (Å²) >= 11 is 0. The van der Waals surface area contributed by atoms with Gasteiger partial charge in [-0.25, -0.2) is 8.78 Å². The van der Waals surface area contributed by atoms with Crippen LogP contribution in [-0.2, 0) is 9.53 Å². The molecule has 0 radical (unpaired) electrons. The van der Waals surface area contributed by atoms with Gasteiger partial charge in [-0.1, -0.05) is 18.2 Å². The monoisotopic (exact) mass is 297 g/mol. The molecule has 1 fully saturated rings. The van der Waals surface area contributed by atoms with Gasteiger partial charge < -0.3 is 10.1 Å². The number of esters is 1. The molecule has 4 nitrogen and oxygen atoms in total. The lowest BCUT2D eigenvalue weighted by molar-refractivity contribution is -0.148. The Kier molecular flexibility index (Phi) is 4.88. The average Bonchev–Trinajstić information content (AvgIpc) is 2.77. The van der Waals surface area contributed by atoms with Gasteiger partial charge in [0.15, 0.2) is 6.17 Å². The molecule has 1 aliphatic rings. The van der Waals surface area contributed by atoms with Crippen molar-refractivity contribution in [2.45, 2.75) is 31.7 Å². The van der Waals surface area contributed by atoms with E-state index in [0.29, 0.717) is 5.56 Å². The summed E-state index contributed by atoms with van der Waals surface area (Å²) in [6.45, 7) is 1.74. The maximum Gasteiger partial charge on any atom is 0.311 e. The first-order chi connectivity index (χ1) is 10.0. The van der Waals surface area contributed by atoms with Gasteiger partial charge in [-0.05, 0) is 25.5 Å². The number of amides is 1. The van der Waals surface area contributed by atoms with E-state index in [9.17, 15) is 18.4 Å². The fraction of sp³-hybridized carbons (Fsp3) is 0.467. The van der Waals surface area contributed by atoms with Crippen LogP contribution in [0.4, 0.5) is 8.78 Å². The standard InChI is InChI=1S/C15H17F2NO3/c1-2-21-15(20)10-8-11(16)12(17)13(10)18-14(19)9-6-4-3-5-7-9/h3-7,10-13H,2,8H2,1H3,(H,18,19)/t10-,11+,12+,13+/m1/s1. The van der Waals surface area contributed by atoms with Crippen LogP contribution in [0.3, 0.4) is 0 Å². The largest absolute Gasteiger partial charge is 0.466 e. The van der Waals surface area contributed by atoms with E-state index in [1.54, 1.807) is 37.3 Å². The SMILES string of the molecule is CCOC(=O)[C@@H]1C[C@H](F)[C@H](F)[C@H]1NC(=O)c1ccccc1. The molecule has 21 heavy (non-hydrogen) atoms. The summed E-state index contributed by atoms with van der Waals surface area (Å²) in [7, 11) is 0. The second-order valence-electron chi connectivity index (χ2n) is 4.92. The Morgan fingerprint density at radius 3 is 2.57 bits per heavy atom. The minimum atomic E-state index is -1.91. The Morgan fingerprint density at radius 1 is 1.29 bits per heavy atom. The Balaban J connectivity index is 2.11. The lowest BCUT2D eigenvalue weighted by Crippen LogP contribution is -2.46. The number of alkyl halides is 2. The molecule has 0 bridgehead atoms. The van der Waals surface area contributed by atoms with Gasteiger partial charge in [0, 0.05) is 5.56 Å². The molecule has 1 aliphatic carbocycles. The van der Waals surface area contributed by atoms with Crippen molar-refractivity contribution >= 4 is 11.9 Å². The number of ether oxygens (including phenoxy) is 1. The first-order valence-corrected chi connectivity index (χ1v) is 6.85. The van der Waals surface area contributed by atoms with E-state index < -0.39 is 36.2 Å². The van der Waals surface area contributed by atoms with E-state index in [2.05, 4.69) is 5.32 Å². The van der Waals surface area contributed by atoms with Crippen molar-refractivity contribution < 1.29 is 23.1 Å². The topological polar surface area (TPSA) is 55.4 Å². The molecule has 1 aromatic carbocycles. The van der Waals surface area contributed by atoms with Gasteiger partial charge >= 0.3 is 5.97 Å². The molecular formula is C15H17F2NO3. The maximum absolute atomic E-state index is 13.9. The first kappa shape index (κ1) is 15.4. The van der Waals surface area contributed by atoms with Gasteiger partial charge in [-0.15, -0.1) is 0 Å². The average molecular weight is 297 g/mol. The smallest absolute Gasteiger partial charge is 0.311 e. The number of carbonyl (C=O) groups is 2. The van der Waals surface area contributed by atoms with E-state index >= 15 is 0 Å². The molecule has 0 unspecified atom stereocenters. The van der Waals surface area contributed by atoms with Gasteiger partial charge in [0.05, 0.1) is 18.6 Å². The van der Waals surface area contributed by atoms with Crippen LogP contribution in [0.5, 0.6) is 0 Å². The zero-order chi connectivity index (χ0) is 15.4.